The average molecular weight is 373 g/mol. The molecule has 4 aromatic heterocycles. The zero-order chi connectivity index (χ0) is 19.3. The lowest BCUT2D eigenvalue weighted by molar-refractivity contribution is 0.0265. The van der Waals surface area contributed by atoms with E-state index in [1.807, 2.05) is 54.0 Å². The molecule has 1 fully saturated rings. The summed E-state index contributed by atoms with van der Waals surface area (Å²) in [5.41, 5.74) is 3.18. The SMILES string of the molecule is CN1CC(CC#N)(n2cc(-c3nc(-c4cnn(C)c4)cc4nccn34)cn2)C1. The molecule has 1 saturated heterocycles. The van der Waals surface area contributed by atoms with Crippen LogP contribution in [0.2, 0.25) is 0 Å². The van der Waals surface area contributed by atoms with Crippen molar-refractivity contribution in [3.63, 3.8) is 0 Å². The smallest absolute Gasteiger partial charge is 0.149 e. The molecule has 0 spiro atoms. The monoisotopic (exact) mass is 373 g/mol. The lowest BCUT2D eigenvalue weighted by atomic mass is 9.87. The maximum Gasteiger partial charge on any atom is 0.149 e. The second-order valence-corrected chi connectivity index (χ2v) is 7.43. The maximum absolute atomic E-state index is 9.27. The number of hydrogen-bond acceptors (Lipinski definition) is 6. The molecule has 140 valence electrons. The van der Waals surface area contributed by atoms with Crippen molar-refractivity contribution in [2.24, 2.45) is 7.05 Å². The molecule has 1 aliphatic heterocycles. The topological polar surface area (TPSA) is 92.9 Å². The number of imidazole rings is 1. The van der Waals surface area contributed by atoms with Crippen LogP contribution < -0.4 is 0 Å². The molecule has 1 aliphatic rings. The van der Waals surface area contributed by atoms with Gasteiger partial charge < -0.3 is 4.90 Å². The van der Waals surface area contributed by atoms with Crippen molar-refractivity contribution in [2.75, 3.05) is 20.1 Å². The van der Waals surface area contributed by atoms with E-state index in [-0.39, 0.29) is 5.54 Å². The number of nitriles is 1. The van der Waals surface area contributed by atoms with E-state index >= 15 is 0 Å². The van der Waals surface area contributed by atoms with Crippen LogP contribution in [-0.4, -0.2) is 59.0 Å². The highest BCUT2D eigenvalue weighted by molar-refractivity contribution is 5.68. The lowest BCUT2D eigenvalue weighted by Crippen LogP contribution is -2.61. The van der Waals surface area contributed by atoms with Crippen LogP contribution in [0.5, 0.6) is 0 Å². The first-order valence-corrected chi connectivity index (χ1v) is 9.02. The summed E-state index contributed by atoms with van der Waals surface area (Å²) < 4.78 is 5.63. The van der Waals surface area contributed by atoms with Gasteiger partial charge in [-0.1, -0.05) is 0 Å². The van der Waals surface area contributed by atoms with Crippen molar-refractivity contribution in [1.29, 1.82) is 5.26 Å². The largest absolute Gasteiger partial charge is 0.301 e. The number of rotatable bonds is 4. The molecule has 0 aliphatic carbocycles. The average Bonchev–Trinajstić information content (AvgIpc) is 3.39. The van der Waals surface area contributed by atoms with E-state index in [0.717, 1.165) is 41.4 Å². The summed E-state index contributed by atoms with van der Waals surface area (Å²) in [5, 5.41) is 18.1. The summed E-state index contributed by atoms with van der Waals surface area (Å²) in [5.74, 6) is 0.764. The van der Waals surface area contributed by atoms with Crippen LogP contribution in [0.3, 0.4) is 0 Å². The van der Waals surface area contributed by atoms with Crippen molar-refractivity contribution >= 4 is 5.65 Å². The zero-order valence-electron chi connectivity index (χ0n) is 15.7. The highest BCUT2D eigenvalue weighted by Gasteiger charge is 2.43. The summed E-state index contributed by atoms with van der Waals surface area (Å²) in [7, 11) is 3.93. The molecule has 0 N–H and O–H groups in total. The van der Waals surface area contributed by atoms with Crippen LogP contribution in [-0.2, 0) is 12.6 Å². The molecule has 0 bridgehead atoms. The maximum atomic E-state index is 9.27. The van der Waals surface area contributed by atoms with Gasteiger partial charge in [0.2, 0.25) is 0 Å². The molecular formula is C19H19N9. The van der Waals surface area contributed by atoms with Crippen LogP contribution >= 0.6 is 0 Å². The molecule has 28 heavy (non-hydrogen) atoms. The molecule has 0 radical (unpaired) electrons. The quantitative estimate of drug-likeness (QED) is 0.539. The second kappa shape index (κ2) is 6.00. The second-order valence-electron chi connectivity index (χ2n) is 7.43. The highest BCUT2D eigenvalue weighted by atomic mass is 15.4. The van der Waals surface area contributed by atoms with Crippen LogP contribution in [0.15, 0.2) is 43.2 Å². The molecule has 5 heterocycles. The summed E-state index contributed by atoms with van der Waals surface area (Å²) >= 11 is 0. The summed E-state index contributed by atoms with van der Waals surface area (Å²) in [6.45, 7) is 1.62. The van der Waals surface area contributed by atoms with E-state index < -0.39 is 0 Å². The van der Waals surface area contributed by atoms with Gasteiger partial charge in [0.1, 0.15) is 17.0 Å². The summed E-state index contributed by atoms with van der Waals surface area (Å²) in [6.07, 6.45) is 11.6. The Hall–Kier alpha value is -3.51. The van der Waals surface area contributed by atoms with Gasteiger partial charge in [0.15, 0.2) is 0 Å². The van der Waals surface area contributed by atoms with E-state index in [4.69, 9.17) is 4.98 Å². The number of aromatic nitrogens is 7. The van der Waals surface area contributed by atoms with Gasteiger partial charge in [-0.3, -0.25) is 13.8 Å². The standard InChI is InChI=1S/C19H19N9/c1-25-12-19(13-25,3-4-20)28-11-15(9-23-28)18-24-16(14-8-22-26(2)10-14)7-17-21-5-6-27(17)18/h5-11H,3,12-13H2,1-2H3. The number of aryl methyl sites for hydroxylation is 1. The molecule has 0 saturated carbocycles. The number of nitrogens with zero attached hydrogens (tertiary/aromatic N) is 9. The predicted molar refractivity (Wildman–Crippen MR) is 102 cm³/mol. The number of hydrogen-bond donors (Lipinski definition) is 0. The minimum absolute atomic E-state index is 0.267. The Morgan fingerprint density at radius 3 is 2.68 bits per heavy atom. The molecule has 0 amide bonds. The van der Waals surface area contributed by atoms with E-state index in [0.29, 0.717) is 6.42 Å². The normalized spacial score (nSPS) is 16.2. The molecule has 9 nitrogen and oxygen atoms in total. The molecule has 0 atom stereocenters. The minimum Gasteiger partial charge on any atom is -0.301 e. The Bertz CT molecular complexity index is 1200. The Labute approximate surface area is 161 Å². The van der Waals surface area contributed by atoms with Gasteiger partial charge in [-0.2, -0.15) is 15.5 Å². The van der Waals surface area contributed by atoms with Crippen LogP contribution in [0, 0.1) is 11.3 Å². The minimum atomic E-state index is -0.267. The first-order valence-electron chi connectivity index (χ1n) is 9.02. The van der Waals surface area contributed by atoms with Gasteiger partial charge in [-0.05, 0) is 7.05 Å². The zero-order valence-corrected chi connectivity index (χ0v) is 15.7. The molecular weight excluding hydrogens is 354 g/mol. The third-order valence-corrected chi connectivity index (χ3v) is 5.25. The Morgan fingerprint density at radius 1 is 1.14 bits per heavy atom. The molecule has 9 heteroatoms. The van der Waals surface area contributed by atoms with Crippen LogP contribution in [0.25, 0.3) is 28.3 Å². The van der Waals surface area contributed by atoms with E-state index in [1.165, 1.54) is 0 Å². The van der Waals surface area contributed by atoms with Gasteiger partial charge in [0.25, 0.3) is 0 Å². The summed E-state index contributed by atoms with van der Waals surface area (Å²) in [6, 6.07) is 4.26. The number of likely N-dealkylation sites (tertiary alicyclic amines) is 1. The third-order valence-electron chi connectivity index (χ3n) is 5.25. The summed E-state index contributed by atoms with van der Waals surface area (Å²) in [4.78, 5) is 11.5. The van der Waals surface area contributed by atoms with Gasteiger partial charge >= 0.3 is 0 Å². The highest BCUT2D eigenvalue weighted by Crippen LogP contribution is 2.32. The van der Waals surface area contributed by atoms with Crippen LogP contribution in [0.1, 0.15) is 6.42 Å². The Morgan fingerprint density at radius 2 is 1.96 bits per heavy atom. The Balaban J connectivity index is 1.61. The molecule has 4 aromatic rings. The lowest BCUT2D eigenvalue weighted by Gasteiger charge is -2.47. The van der Waals surface area contributed by atoms with Crippen LogP contribution in [0.4, 0.5) is 0 Å². The fourth-order valence-electron chi connectivity index (χ4n) is 3.97. The van der Waals surface area contributed by atoms with Crippen molar-refractivity contribution in [3.05, 3.63) is 43.2 Å². The van der Waals surface area contributed by atoms with Gasteiger partial charge in [0, 0.05) is 56.6 Å². The van der Waals surface area contributed by atoms with Gasteiger partial charge in [-0.15, -0.1) is 0 Å². The fourth-order valence-corrected chi connectivity index (χ4v) is 3.97. The molecule has 5 rings (SSSR count). The third kappa shape index (κ3) is 2.50. The number of likely N-dealkylation sites (N-methyl/N-ethyl adjacent to an activating group) is 1. The molecule has 0 unspecified atom stereocenters. The van der Waals surface area contributed by atoms with Crippen molar-refractivity contribution in [2.45, 2.75) is 12.0 Å². The van der Waals surface area contributed by atoms with E-state index in [2.05, 4.69) is 26.2 Å². The molecule has 0 aromatic carbocycles. The van der Waals surface area contributed by atoms with Gasteiger partial charge in [-0.25, -0.2) is 9.97 Å². The fraction of sp³-hybridized carbons (Fsp3) is 0.316. The van der Waals surface area contributed by atoms with E-state index in [1.54, 1.807) is 17.1 Å². The van der Waals surface area contributed by atoms with Crippen molar-refractivity contribution in [1.82, 2.24) is 38.8 Å². The first kappa shape index (κ1) is 16.6. The Kier molecular flexibility index (Phi) is 3.57. The van der Waals surface area contributed by atoms with E-state index in [9.17, 15) is 5.26 Å². The first-order chi connectivity index (χ1) is 13.6. The number of fused-ring (bicyclic) bond motifs is 1. The van der Waals surface area contributed by atoms with Gasteiger partial charge in [0.05, 0.1) is 36.1 Å². The van der Waals surface area contributed by atoms with Crippen molar-refractivity contribution < 1.29 is 0 Å². The predicted octanol–water partition coefficient (Wildman–Crippen LogP) is 1.55. The van der Waals surface area contributed by atoms with Crippen molar-refractivity contribution in [3.8, 4) is 28.7 Å².